The van der Waals surface area contributed by atoms with Crippen LogP contribution in [0.4, 0.5) is 11.4 Å². The van der Waals surface area contributed by atoms with Gasteiger partial charge in [0.25, 0.3) is 0 Å². The molecule has 5 nitrogen and oxygen atoms in total. The third-order valence-electron chi connectivity index (χ3n) is 6.82. The van der Waals surface area contributed by atoms with Gasteiger partial charge in [0.1, 0.15) is 0 Å². The number of esters is 1. The van der Waals surface area contributed by atoms with Gasteiger partial charge in [-0.15, -0.1) is 0 Å². The number of anilines is 2. The summed E-state index contributed by atoms with van der Waals surface area (Å²) in [4.78, 5) is 27.2. The zero-order valence-electron chi connectivity index (χ0n) is 21.1. The highest BCUT2D eigenvalue weighted by molar-refractivity contribution is 5.95. The van der Waals surface area contributed by atoms with Gasteiger partial charge in [-0.25, -0.2) is 4.79 Å². The predicted octanol–water partition coefficient (Wildman–Crippen LogP) is 6.70. The van der Waals surface area contributed by atoms with Gasteiger partial charge in [-0.2, -0.15) is 0 Å². The normalized spacial score (nSPS) is 13.9. The summed E-state index contributed by atoms with van der Waals surface area (Å²) in [5, 5.41) is 3.15. The van der Waals surface area contributed by atoms with Gasteiger partial charge in [-0.1, -0.05) is 67.8 Å². The van der Waals surface area contributed by atoms with Crippen molar-refractivity contribution in [3.63, 3.8) is 0 Å². The Bertz CT molecular complexity index is 1190. The Morgan fingerprint density at radius 3 is 2.25 bits per heavy atom. The Labute approximate surface area is 213 Å². The van der Waals surface area contributed by atoms with E-state index >= 15 is 0 Å². The lowest BCUT2D eigenvalue weighted by atomic mass is 9.88. The van der Waals surface area contributed by atoms with Gasteiger partial charge in [0, 0.05) is 30.4 Å². The second-order valence-corrected chi connectivity index (χ2v) is 9.24. The van der Waals surface area contributed by atoms with Crippen LogP contribution in [-0.4, -0.2) is 26.0 Å². The average molecular weight is 483 g/mol. The van der Waals surface area contributed by atoms with Crippen LogP contribution < -0.4 is 10.2 Å². The van der Waals surface area contributed by atoms with Crippen LogP contribution in [0.25, 0.3) is 17.2 Å². The fraction of sp³-hybridized carbons (Fsp3) is 0.290. The van der Waals surface area contributed by atoms with Crippen molar-refractivity contribution in [2.24, 2.45) is 5.92 Å². The number of ether oxygens (including phenoxy) is 1. The molecule has 1 fully saturated rings. The Morgan fingerprint density at radius 1 is 0.944 bits per heavy atom. The van der Waals surface area contributed by atoms with E-state index in [2.05, 4.69) is 53.8 Å². The summed E-state index contributed by atoms with van der Waals surface area (Å²) in [6, 6.07) is 24.5. The fourth-order valence-corrected chi connectivity index (χ4v) is 4.71. The van der Waals surface area contributed by atoms with E-state index in [0.29, 0.717) is 6.54 Å². The molecule has 0 spiro atoms. The summed E-state index contributed by atoms with van der Waals surface area (Å²) in [6.45, 7) is 0.498. The molecule has 3 aromatic rings. The first-order chi connectivity index (χ1) is 17.6. The quantitative estimate of drug-likeness (QED) is 0.287. The number of nitrogens with one attached hydrogen (secondary N) is 1. The van der Waals surface area contributed by atoms with Gasteiger partial charge in [0.15, 0.2) is 0 Å². The first-order valence-electron chi connectivity index (χ1n) is 12.6. The van der Waals surface area contributed by atoms with E-state index in [1.54, 1.807) is 6.08 Å². The Morgan fingerprint density at radius 2 is 1.61 bits per heavy atom. The highest BCUT2D eigenvalue weighted by atomic mass is 16.5. The van der Waals surface area contributed by atoms with Crippen LogP contribution in [0, 0.1) is 5.92 Å². The average Bonchev–Trinajstić information content (AvgIpc) is 2.95. The number of hydrogen-bond donors (Lipinski definition) is 1. The smallest absolute Gasteiger partial charge is 0.330 e. The summed E-state index contributed by atoms with van der Waals surface area (Å²) in [6.07, 6.45) is 8.41. The number of benzene rings is 3. The maximum absolute atomic E-state index is 13.7. The molecule has 0 aromatic heterocycles. The summed E-state index contributed by atoms with van der Waals surface area (Å²) in [5.41, 5.74) is 6.13. The van der Waals surface area contributed by atoms with E-state index in [1.807, 2.05) is 36.2 Å². The van der Waals surface area contributed by atoms with E-state index in [9.17, 15) is 9.59 Å². The first kappa shape index (κ1) is 25.2. The molecule has 0 aliphatic heterocycles. The first-order valence-corrected chi connectivity index (χ1v) is 12.6. The van der Waals surface area contributed by atoms with Crippen LogP contribution in [0.5, 0.6) is 0 Å². The number of carbonyl (C=O) groups is 2. The van der Waals surface area contributed by atoms with Crippen LogP contribution in [-0.2, 0) is 20.9 Å². The van der Waals surface area contributed by atoms with E-state index in [1.165, 1.54) is 19.6 Å². The Hall–Kier alpha value is -3.86. The van der Waals surface area contributed by atoms with Crippen molar-refractivity contribution in [3.8, 4) is 11.1 Å². The van der Waals surface area contributed by atoms with Crippen molar-refractivity contribution in [1.82, 2.24) is 0 Å². The number of methoxy groups -OCH3 is 1. The van der Waals surface area contributed by atoms with Crippen LogP contribution in [0.2, 0.25) is 0 Å². The molecular weight excluding hydrogens is 448 g/mol. The molecule has 1 amide bonds. The van der Waals surface area contributed by atoms with Crippen LogP contribution in [0.15, 0.2) is 78.9 Å². The predicted molar refractivity (Wildman–Crippen MR) is 147 cm³/mol. The minimum Gasteiger partial charge on any atom is -0.466 e. The van der Waals surface area contributed by atoms with Gasteiger partial charge in [-0.05, 0) is 65.4 Å². The second kappa shape index (κ2) is 12.2. The van der Waals surface area contributed by atoms with E-state index < -0.39 is 5.97 Å². The highest BCUT2D eigenvalue weighted by Gasteiger charge is 2.27. The zero-order valence-corrected chi connectivity index (χ0v) is 21.1. The molecule has 0 saturated heterocycles. The van der Waals surface area contributed by atoms with Crippen LogP contribution in [0.1, 0.15) is 43.2 Å². The number of nitrogens with zero attached hydrogens (tertiary/aromatic N) is 1. The molecule has 4 rings (SSSR count). The molecule has 0 bridgehead atoms. The monoisotopic (exact) mass is 482 g/mol. The molecule has 0 radical (unpaired) electrons. The number of carbonyl (C=O) groups excluding carboxylic acids is 2. The van der Waals surface area contributed by atoms with Gasteiger partial charge in [0.2, 0.25) is 5.91 Å². The van der Waals surface area contributed by atoms with E-state index in [4.69, 9.17) is 4.74 Å². The topological polar surface area (TPSA) is 58.6 Å². The standard InChI is InChI=1S/C31H34N2O3/c1-32-28-18-16-26(17-19-28)25-14-11-24(12-15-25)22-33(31(35)27-8-4-3-5-9-27)29-10-6-7-23(21-29)13-20-30(34)36-2/h6-7,10-21,27,32H,3-5,8-9,22H2,1-2H3/b20-13+. The molecule has 1 N–H and O–H groups in total. The van der Waals surface area contributed by atoms with Crippen molar-refractivity contribution >= 4 is 29.3 Å². The zero-order chi connectivity index (χ0) is 25.3. The molecule has 36 heavy (non-hydrogen) atoms. The maximum Gasteiger partial charge on any atom is 0.330 e. The Kier molecular flexibility index (Phi) is 8.56. The van der Waals surface area contributed by atoms with Gasteiger partial charge in [0.05, 0.1) is 13.7 Å². The van der Waals surface area contributed by atoms with Crippen molar-refractivity contribution in [1.29, 1.82) is 0 Å². The van der Waals surface area contributed by atoms with E-state index in [-0.39, 0.29) is 11.8 Å². The molecule has 1 aliphatic rings. The Balaban J connectivity index is 1.59. The van der Waals surface area contributed by atoms with Gasteiger partial charge >= 0.3 is 5.97 Å². The van der Waals surface area contributed by atoms with Crippen molar-refractivity contribution in [2.45, 2.75) is 38.6 Å². The van der Waals surface area contributed by atoms with Gasteiger partial charge in [-0.3, -0.25) is 4.79 Å². The van der Waals surface area contributed by atoms with Crippen molar-refractivity contribution in [2.75, 3.05) is 24.4 Å². The lowest BCUT2D eigenvalue weighted by Crippen LogP contribution is -2.36. The lowest BCUT2D eigenvalue weighted by Gasteiger charge is -2.30. The van der Waals surface area contributed by atoms with Gasteiger partial charge < -0.3 is 15.0 Å². The summed E-state index contributed by atoms with van der Waals surface area (Å²) < 4.78 is 4.71. The fourth-order valence-electron chi connectivity index (χ4n) is 4.71. The largest absolute Gasteiger partial charge is 0.466 e. The third kappa shape index (κ3) is 6.42. The summed E-state index contributed by atoms with van der Waals surface area (Å²) in [7, 11) is 3.27. The van der Waals surface area contributed by atoms with Crippen LogP contribution >= 0.6 is 0 Å². The second-order valence-electron chi connectivity index (χ2n) is 9.24. The van der Waals surface area contributed by atoms with Crippen molar-refractivity contribution < 1.29 is 14.3 Å². The number of hydrogen-bond acceptors (Lipinski definition) is 4. The number of rotatable bonds is 8. The molecule has 0 heterocycles. The third-order valence-corrected chi connectivity index (χ3v) is 6.82. The molecule has 1 aliphatic carbocycles. The minimum absolute atomic E-state index is 0.0537. The van der Waals surface area contributed by atoms with E-state index in [0.717, 1.165) is 59.3 Å². The lowest BCUT2D eigenvalue weighted by molar-refractivity contribution is -0.134. The molecule has 0 atom stereocenters. The SMILES string of the molecule is CNc1ccc(-c2ccc(CN(C(=O)C3CCCCC3)c3cccc(/C=C/C(=O)OC)c3)cc2)cc1. The summed E-state index contributed by atoms with van der Waals surface area (Å²) >= 11 is 0. The molecule has 5 heteroatoms. The van der Waals surface area contributed by atoms with Crippen molar-refractivity contribution in [3.05, 3.63) is 90.0 Å². The molecule has 186 valence electrons. The van der Waals surface area contributed by atoms with Crippen LogP contribution in [0.3, 0.4) is 0 Å². The molecule has 1 saturated carbocycles. The highest BCUT2D eigenvalue weighted by Crippen LogP contribution is 2.30. The molecule has 3 aromatic carbocycles. The summed E-state index contributed by atoms with van der Waals surface area (Å²) in [5.74, 6) is -0.176. The maximum atomic E-state index is 13.7. The number of amides is 1. The molecule has 0 unspecified atom stereocenters. The minimum atomic E-state index is -0.406. The molecular formula is C31H34N2O3.